The van der Waals surface area contributed by atoms with Gasteiger partial charge in [-0.15, -0.1) is 0 Å². The zero-order valence-corrected chi connectivity index (χ0v) is 11.3. The number of aromatic amines is 1. The first-order valence-corrected chi connectivity index (χ1v) is 6.47. The SMILES string of the molecule is CCCc1c(Cl)[nH]c(=O)n(C(CC)CC)c1=O. The van der Waals surface area contributed by atoms with Crippen LogP contribution in [0.15, 0.2) is 9.59 Å². The van der Waals surface area contributed by atoms with Gasteiger partial charge in [0.25, 0.3) is 5.56 Å². The Morgan fingerprint density at radius 1 is 1.24 bits per heavy atom. The maximum Gasteiger partial charge on any atom is 0.329 e. The van der Waals surface area contributed by atoms with Gasteiger partial charge in [0.1, 0.15) is 5.15 Å². The molecule has 0 atom stereocenters. The van der Waals surface area contributed by atoms with Crippen molar-refractivity contribution in [1.82, 2.24) is 9.55 Å². The zero-order valence-electron chi connectivity index (χ0n) is 10.5. The molecule has 0 unspecified atom stereocenters. The summed E-state index contributed by atoms with van der Waals surface area (Å²) in [5.41, 5.74) is -0.136. The lowest BCUT2D eigenvalue weighted by atomic mass is 10.1. The lowest BCUT2D eigenvalue weighted by molar-refractivity contribution is 0.436. The Kier molecular flexibility index (Phi) is 5.00. The predicted molar refractivity (Wildman–Crippen MR) is 69.9 cm³/mol. The van der Waals surface area contributed by atoms with E-state index in [1.807, 2.05) is 20.8 Å². The number of nitrogens with zero attached hydrogens (tertiary/aromatic N) is 1. The van der Waals surface area contributed by atoms with Gasteiger partial charge in [-0.05, 0) is 19.3 Å². The molecule has 0 bridgehead atoms. The molecule has 0 aliphatic heterocycles. The van der Waals surface area contributed by atoms with Crippen molar-refractivity contribution >= 4 is 11.6 Å². The van der Waals surface area contributed by atoms with Crippen LogP contribution in [0.4, 0.5) is 0 Å². The molecule has 1 heterocycles. The summed E-state index contributed by atoms with van der Waals surface area (Å²) in [4.78, 5) is 26.6. The van der Waals surface area contributed by atoms with Crippen LogP contribution < -0.4 is 11.2 Å². The van der Waals surface area contributed by atoms with Crippen LogP contribution >= 0.6 is 11.6 Å². The summed E-state index contributed by atoms with van der Waals surface area (Å²) < 4.78 is 1.30. The molecule has 17 heavy (non-hydrogen) atoms. The molecule has 0 radical (unpaired) electrons. The number of H-pyrrole nitrogens is 1. The van der Waals surface area contributed by atoms with E-state index in [0.29, 0.717) is 12.0 Å². The largest absolute Gasteiger partial charge is 0.329 e. The molecule has 0 saturated heterocycles. The average Bonchev–Trinajstić information content (AvgIpc) is 2.29. The van der Waals surface area contributed by atoms with Crippen LogP contribution in [0, 0.1) is 0 Å². The highest BCUT2D eigenvalue weighted by atomic mass is 35.5. The fraction of sp³-hybridized carbons (Fsp3) is 0.667. The highest BCUT2D eigenvalue weighted by molar-refractivity contribution is 6.30. The van der Waals surface area contributed by atoms with Gasteiger partial charge in [-0.3, -0.25) is 14.3 Å². The van der Waals surface area contributed by atoms with Crippen LogP contribution in [0.2, 0.25) is 5.15 Å². The second kappa shape index (κ2) is 6.05. The van der Waals surface area contributed by atoms with Crippen molar-refractivity contribution in [2.45, 2.75) is 52.5 Å². The first kappa shape index (κ1) is 14.0. The highest BCUT2D eigenvalue weighted by Gasteiger charge is 2.16. The van der Waals surface area contributed by atoms with E-state index in [1.165, 1.54) is 4.57 Å². The third kappa shape index (κ3) is 2.80. The van der Waals surface area contributed by atoms with Crippen molar-refractivity contribution in [3.8, 4) is 0 Å². The van der Waals surface area contributed by atoms with Crippen LogP contribution in [0.3, 0.4) is 0 Å². The van der Waals surface area contributed by atoms with E-state index in [4.69, 9.17) is 11.6 Å². The average molecular weight is 259 g/mol. The number of rotatable bonds is 5. The molecule has 1 aromatic rings. The predicted octanol–water partition coefficient (Wildman–Crippen LogP) is 2.50. The molecule has 0 aliphatic carbocycles. The van der Waals surface area contributed by atoms with Gasteiger partial charge < -0.3 is 0 Å². The third-order valence-electron chi connectivity index (χ3n) is 2.99. The molecule has 4 nitrogen and oxygen atoms in total. The van der Waals surface area contributed by atoms with Crippen LogP contribution in [0.5, 0.6) is 0 Å². The van der Waals surface area contributed by atoms with Crippen molar-refractivity contribution in [3.05, 3.63) is 31.6 Å². The molecular weight excluding hydrogens is 240 g/mol. The third-order valence-corrected chi connectivity index (χ3v) is 3.31. The number of hydrogen-bond donors (Lipinski definition) is 1. The summed E-state index contributed by atoms with van der Waals surface area (Å²) in [7, 11) is 0. The molecular formula is C12H19ClN2O2. The summed E-state index contributed by atoms with van der Waals surface area (Å²) in [5.74, 6) is 0. The normalized spacial score (nSPS) is 11.1. The smallest absolute Gasteiger partial charge is 0.297 e. The minimum atomic E-state index is -0.409. The van der Waals surface area contributed by atoms with Crippen LogP contribution in [0.25, 0.3) is 0 Å². The number of halogens is 1. The van der Waals surface area contributed by atoms with E-state index >= 15 is 0 Å². The molecule has 0 aromatic carbocycles. The second-order valence-corrected chi connectivity index (χ2v) is 4.50. The molecule has 0 amide bonds. The molecule has 1 aromatic heterocycles. The highest BCUT2D eigenvalue weighted by Crippen LogP contribution is 2.13. The van der Waals surface area contributed by atoms with E-state index < -0.39 is 5.69 Å². The molecule has 0 fully saturated rings. The fourth-order valence-corrected chi connectivity index (χ4v) is 2.27. The van der Waals surface area contributed by atoms with E-state index in [2.05, 4.69) is 4.98 Å². The van der Waals surface area contributed by atoms with Crippen molar-refractivity contribution in [2.75, 3.05) is 0 Å². The van der Waals surface area contributed by atoms with Crippen LogP contribution in [-0.2, 0) is 6.42 Å². The summed E-state index contributed by atoms with van der Waals surface area (Å²) >= 11 is 5.91. The van der Waals surface area contributed by atoms with Gasteiger partial charge in [-0.2, -0.15) is 0 Å². The topological polar surface area (TPSA) is 54.9 Å². The Morgan fingerprint density at radius 3 is 2.29 bits per heavy atom. The van der Waals surface area contributed by atoms with Gasteiger partial charge in [0, 0.05) is 6.04 Å². The van der Waals surface area contributed by atoms with Gasteiger partial charge >= 0.3 is 5.69 Å². The quantitative estimate of drug-likeness (QED) is 0.825. The Hall–Kier alpha value is -1.03. The van der Waals surface area contributed by atoms with Gasteiger partial charge in [0.15, 0.2) is 0 Å². The van der Waals surface area contributed by atoms with E-state index in [-0.39, 0.29) is 16.8 Å². The summed E-state index contributed by atoms with van der Waals surface area (Å²) in [6, 6.07) is -0.0564. The van der Waals surface area contributed by atoms with Crippen molar-refractivity contribution < 1.29 is 0 Å². The summed E-state index contributed by atoms with van der Waals surface area (Å²) in [6.45, 7) is 5.91. The summed E-state index contributed by atoms with van der Waals surface area (Å²) in [5, 5.41) is 0.184. The number of nitrogens with one attached hydrogen (secondary N) is 1. The van der Waals surface area contributed by atoms with Crippen molar-refractivity contribution in [3.63, 3.8) is 0 Å². The Balaban J connectivity index is 3.45. The van der Waals surface area contributed by atoms with E-state index in [1.54, 1.807) is 0 Å². The van der Waals surface area contributed by atoms with Gasteiger partial charge in [-0.25, -0.2) is 4.79 Å². The molecule has 96 valence electrons. The monoisotopic (exact) mass is 258 g/mol. The lowest BCUT2D eigenvalue weighted by Crippen LogP contribution is -2.39. The molecule has 0 spiro atoms. The van der Waals surface area contributed by atoms with Crippen LogP contribution in [0.1, 0.15) is 51.6 Å². The van der Waals surface area contributed by atoms with E-state index in [0.717, 1.165) is 19.3 Å². The first-order chi connectivity index (χ1) is 8.06. The fourth-order valence-electron chi connectivity index (χ4n) is 2.01. The minimum absolute atomic E-state index is 0.0564. The number of aromatic nitrogens is 2. The molecule has 5 heteroatoms. The first-order valence-electron chi connectivity index (χ1n) is 6.09. The molecule has 1 rings (SSSR count). The molecule has 1 N–H and O–H groups in total. The zero-order chi connectivity index (χ0) is 13.0. The van der Waals surface area contributed by atoms with Gasteiger partial charge in [-0.1, -0.05) is 38.8 Å². The lowest BCUT2D eigenvalue weighted by Gasteiger charge is -2.16. The maximum absolute atomic E-state index is 12.2. The van der Waals surface area contributed by atoms with E-state index in [9.17, 15) is 9.59 Å². The van der Waals surface area contributed by atoms with Gasteiger partial charge in [0.2, 0.25) is 0 Å². The molecule has 0 aliphatic rings. The van der Waals surface area contributed by atoms with Crippen molar-refractivity contribution in [2.24, 2.45) is 0 Å². The van der Waals surface area contributed by atoms with Gasteiger partial charge in [0.05, 0.1) is 5.56 Å². The molecule has 0 saturated carbocycles. The number of hydrogen-bond acceptors (Lipinski definition) is 2. The minimum Gasteiger partial charge on any atom is -0.297 e. The van der Waals surface area contributed by atoms with Crippen molar-refractivity contribution in [1.29, 1.82) is 0 Å². The van der Waals surface area contributed by atoms with Crippen LogP contribution in [-0.4, -0.2) is 9.55 Å². The standard InChI is InChI=1S/C12H19ClN2O2/c1-4-7-9-10(13)14-12(17)15(11(9)16)8(5-2)6-3/h8H,4-7H2,1-3H3,(H,14,17). The Morgan fingerprint density at radius 2 is 1.82 bits per heavy atom. The maximum atomic E-state index is 12.2. The Labute approximate surface area is 106 Å². The summed E-state index contributed by atoms with van der Waals surface area (Å²) in [6.07, 6.45) is 2.93. The second-order valence-electron chi connectivity index (χ2n) is 4.12. The Bertz CT molecular complexity index is 486.